The summed E-state index contributed by atoms with van der Waals surface area (Å²) in [5.74, 6) is -0.100. The Hall–Kier alpha value is 0.140. The van der Waals surface area contributed by atoms with E-state index in [0.29, 0.717) is 5.75 Å². The van der Waals surface area contributed by atoms with E-state index in [0.717, 1.165) is 37.4 Å². The molecule has 73 valence electrons. The second-order valence-corrected chi connectivity index (χ2v) is 3.69. The first-order valence-corrected chi connectivity index (χ1v) is 5.15. The van der Waals surface area contributed by atoms with Gasteiger partial charge in [-0.1, -0.05) is 26.2 Å². The van der Waals surface area contributed by atoms with Gasteiger partial charge in [-0.15, -0.1) is 0 Å². The van der Waals surface area contributed by atoms with E-state index in [4.69, 9.17) is 0 Å². The molecule has 0 amide bonds. The van der Waals surface area contributed by atoms with Crippen LogP contribution in [0.3, 0.4) is 0 Å². The van der Waals surface area contributed by atoms with Crippen LogP contribution in [0.15, 0.2) is 0 Å². The SMILES string of the molecule is [CH2]CCCCCSCC(F)(F)F. The van der Waals surface area contributed by atoms with Crippen molar-refractivity contribution in [3.63, 3.8) is 0 Å². The van der Waals surface area contributed by atoms with Crippen LogP contribution in [0.4, 0.5) is 13.2 Å². The predicted octanol–water partition coefficient (Wildman–Crippen LogP) is 3.68. The van der Waals surface area contributed by atoms with Gasteiger partial charge in [-0.05, 0) is 12.2 Å². The molecule has 0 aliphatic rings. The first kappa shape index (κ1) is 12.1. The zero-order chi connectivity index (χ0) is 9.45. The highest BCUT2D eigenvalue weighted by molar-refractivity contribution is 7.99. The Morgan fingerprint density at radius 2 is 1.75 bits per heavy atom. The molecule has 0 atom stereocenters. The molecule has 0 saturated carbocycles. The van der Waals surface area contributed by atoms with Gasteiger partial charge in [0, 0.05) is 0 Å². The Morgan fingerprint density at radius 1 is 1.08 bits per heavy atom. The van der Waals surface area contributed by atoms with Gasteiger partial charge in [-0.25, -0.2) is 0 Å². The largest absolute Gasteiger partial charge is 0.397 e. The average Bonchev–Trinajstić information content (AvgIpc) is 1.94. The minimum absolute atomic E-state index is 0.611. The van der Waals surface area contributed by atoms with E-state index in [9.17, 15) is 13.2 Å². The maximum Gasteiger partial charge on any atom is 0.397 e. The fourth-order valence-electron chi connectivity index (χ4n) is 0.746. The Kier molecular flexibility index (Phi) is 6.71. The van der Waals surface area contributed by atoms with E-state index in [1.54, 1.807) is 0 Å². The van der Waals surface area contributed by atoms with Gasteiger partial charge in [-0.3, -0.25) is 0 Å². The minimum Gasteiger partial charge on any atom is -0.170 e. The highest BCUT2D eigenvalue weighted by Crippen LogP contribution is 2.21. The van der Waals surface area contributed by atoms with Crippen molar-refractivity contribution < 1.29 is 13.2 Å². The average molecular weight is 199 g/mol. The summed E-state index contributed by atoms with van der Waals surface area (Å²) in [5, 5.41) is 0. The fourth-order valence-corrected chi connectivity index (χ4v) is 1.53. The zero-order valence-electron chi connectivity index (χ0n) is 6.99. The van der Waals surface area contributed by atoms with E-state index in [1.165, 1.54) is 0 Å². The lowest BCUT2D eigenvalue weighted by Gasteiger charge is -2.04. The highest BCUT2D eigenvalue weighted by atomic mass is 32.2. The summed E-state index contributed by atoms with van der Waals surface area (Å²) in [6.45, 7) is 3.66. The number of thioether (sulfide) groups is 1. The van der Waals surface area contributed by atoms with Crippen molar-refractivity contribution in [2.24, 2.45) is 0 Å². The standard InChI is InChI=1S/C8H14F3S/c1-2-3-4-5-6-12-7-8(9,10)11/h1-7H2. The first-order chi connectivity index (χ1) is 5.56. The number of hydrogen-bond acceptors (Lipinski definition) is 1. The van der Waals surface area contributed by atoms with Gasteiger partial charge in [-0.2, -0.15) is 24.9 Å². The van der Waals surface area contributed by atoms with Crippen LogP contribution in [-0.4, -0.2) is 17.7 Å². The van der Waals surface area contributed by atoms with Crippen molar-refractivity contribution in [1.29, 1.82) is 0 Å². The van der Waals surface area contributed by atoms with Crippen LogP contribution in [0, 0.1) is 6.92 Å². The van der Waals surface area contributed by atoms with Crippen molar-refractivity contribution in [2.45, 2.75) is 31.9 Å². The summed E-state index contributed by atoms with van der Waals surface area (Å²) in [6, 6.07) is 0. The molecule has 0 aromatic heterocycles. The number of unbranched alkanes of at least 4 members (excludes halogenated alkanes) is 3. The molecule has 0 aliphatic carbocycles. The van der Waals surface area contributed by atoms with Gasteiger partial charge in [0.25, 0.3) is 0 Å². The lowest BCUT2D eigenvalue weighted by Crippen LogP contribution is -2.11. The van der Waals surface area contributed by atoms with Crippen molar-refractivity contribution in [2.75, 3.05) is 11.5 Å². The molecule has 0 nitrogen and oxygen atoms in total. The molecule has 0 aromatic carbocycles. The molecule has 0 fully saturated rings. The maximum atomic E-state index is 11.6. The van der Waals surface area contributed by atoms with Crippen LogP contribution in [0.1, 0.15) is 25.7 Å². The summed E-state index contributed by atoms with van der Waals surface area (Å²) < 4.78 is 34.8. The van der Waals surface area contributed by atoms with Crippen LogP contribution in [0.2, 0.25) is 0 Å². The Labute approximate surface area is 75.9 Å². The quantitative estimate of drug-likeness (QED) is 0.588. The highest BCUT2D eigenvalue weighted by Gasteiger charge is 2.26. The number of alkyl halides is 3. The lowest BCUT2D eigenvalue weighted by molar-refractivity contribution is -0.105. The molecule has 1 radical (unpaired) electrons. The molecule has 4 heteroatoms. The number of halogens is 3. The van der Waals surface area contributed by atoms with Crippen LogP contribution < -0.4 is 0 Å². The summed E-state index contributed by atoms with van der Waals surface area (Å²) in [5.41, 5.74) is 0. The molecule has 0 rings (SSSR count). The second kappa shape index (κ2) is 6.63. The predicted molar refractivity (Wildman–Crippen MR) is 47.2 cm³/mol. The molecule has 0 aromatic rings. The van der Waals surface area contributed by atoms with Crippen molar-refractivity contribution in [3.8, 4) is 0 Å². The van der Waals surface area contributed by atoms with Crippen LogP contribution in [0.5, 0.6) is 0 Å². The maximum absolute atomic E-state index is 11.6. The van der Waals surface area contributed by atoms with Crippen molar-refractivity contribution >= 4 is 11.8 Å². The normalized spacial score (nSPS) is 12.0. The molecule has 12 heavy (non-hydrogen) atoms. The Balaban J connectivity index is 3.01. The van der Waals surface area contributed by atoms with E-state index in [2.05, 4.69) is 6.92 Å². The lowest BCUT2D eigenvalue weighted by atomic mass is 10.2. The van der Waals surface area contributed by atoms with Crippen molar-refractivity contribution in [3.05, 3.63) is 6.92 Å². The van der Waals surface area contributed by atoms with Gasteiger partial charge in [0.05, 0.1) is 5.75 Å². The van der Waals surface area contributed by atoms with E-state index >= 15 is 0 Å². The molecule has 0 unspecified atom stereocenters. The Morgan fingerprint density at radius 3 is 2.25 bits per heavy atom. The third-order valence-electron chi connectivity index (χ3n) is 1.30. The molecule has 0 saturated heterocycles. The molecule has 0 aliphatic heterocycles. The van der Waals surface area contributed by atoms with Gasteiger partial charge < -0.3 is 0 Å². The van der Waals surface area contributed by atoms with Crippen molar-refractivity contribution in [1.82, 2.24) is 0 Å². The van der Waals surface area contributed by atoms with E-state index in [1.807, 2.05) is 0 Å². The summed E-state index contributed by atoms with van der Waals surface area (Å²) in [4.78, 5) is 0. The summed E-state index contributed by atoms with van der Waals surface area (Å²) in [6.07, 6.45) is -0.238. The smallest absolute Gasteiger partial charge is 0.170 e. The number of rotatable bonds is 6. The molecular formula is C8H14F3S. The second-order valence-electron chi connectivity index (χ2n) is 2.58. The third-order valence-corrected chi connectivity index (χ3v) is 2.41. The molecule has 0 spiro atoms. The van der Waals surface area contributed by atoms with Gasteiger partial charge >= 0.3 is 6.18 Å². The van der Waals surface area contributed by atoms with Gasteiger partial charge in [0.2, 0.25) is 0 Å². The summed E-state index contributed by atoms with van der Waals surface area (Å²) >= 11 is 0.965. The zero-order valence-corrected chi connectivity index (χ0v) is 7.81. The fraction of sp³-hybridized carbons (Fsp3) is 0.875. The minimum atomic E-state index is -4.00. The monoisotopic (exact) mass is 199 g/mol. The first-order valence-electron chi connectivity index (χ1n) is 4.00. The number of hydrogen-bond donors (Lipinski definition) is 0. The van der Waals surface area contributed by atoms with E-state index in [-0.39, 0.29) is 0 Å². The van der Waals surface area contributed by atoms with Crippen LogP contribution in [-0.2, 0) is 0 Å². The third kappa shape index (κ3) is 10.1. The van der Waals surface area contributed by atoms with Gasteiger partial charge in [0.1, 0.15) is 0 Å². The van der Waals surface area contributed by atoms with Crippen LogP contribution in [0.25, 0.3) is 0 Å². The van der Waals surface area contributed by atoms with E-state index < -0.39 is 11.9 Å². The molecule has 0 heterocycles. The summed E-state index contributed by atoms with van der Waals surface area (Å²) in [7, 11) is 0. The van der Waals surface area contributed by atoms with Gasteiger partial charge in [0.15, 0.2) is 0 Å². The molecular weight excluding hydrogens is 185 g/mol. The molecule has 0 bridgehead atoms. The Bertz CT molecular complexity index is 101. The molecule has 0 N–H and O–H groups in total. The topological polar surface area (TPSA) is 0 Å². The van der Waals surface area contributed by atoms with Crippen LogP contribution >= 0.6 is 11.8 Å².